The summed E-state index contributed by atoms with van der Waals surface area (Å²) in [5.74, 6) is 0.460. The average Bonchev–Trinajstić information content (AvgIpc) is 2.65. The van der Waals surface area contributed by atoms with E-state index in [1.165, 1.54) is 6.07 Å². The van der Waals surface area contributed by atoms with E-state index in [9.17, 15) is 9.18 Å². The normalized spacial score (nSPS) is 10.2. The zero-order valence-electron chi connectivity index (χ0n) is 14.1. The first-order valence-electron chi connectivity index (χ1n) is 8.27. The van der Waals surface area contributed by atoms with Crippen LogP contribution in [0.25, 0.3) is 0 Å². The Labute approximate surface area is 151 Å². The molecule has 0 atom stereocenters. The summed E-state index contributed by atoms with van der Waals surface area (Å²) in [5.41, 5.74) is 1.96. The number of nitrogens with one attached hydrogen (secondary N) is 3. The number of para-hydroxylation sites is 1. The fourth-order valence-electron chi connectivity index (χ4n) is 2.41. The number of urea groups is 1. The average molecular weight is 350 g/mol. The predicted octanol–water partition coefficient (Wildman–Crippen LogP) is 4.52. The van der Waals surface area contributed by atoms with E-state index in [0.717, 1.165) is 0 Å². The molecule has 3 N–H and O–H groups in total. The molecule has 0 aliphatic rings. The standard InChI is InChI=1S/C20H19FN4O/c21-18-9-5-4-6-15(18)12-13-22-19-11-10-17(14-23-19)25-20(26)24-16-7-2-1-3-8-16/h1-11,14H,12-13H2,(H,22,23)(H2,24,25,26). The molecule has 3 aromatic rings. The van der Waals surface area contributed by atoms with Gasteiger partial charge in [0, 0.05) is 12.2 Å². The van der Waals surface area contributed by atoms with Crippen LogP contribution in [0.1, 0.15) is 5.56 Å². The van der Waals surface area contributed by atoms with Crippen LogP contribution in [-0.2, 0) is 6.42 Å². The summed E-state index contributed by atoms with van der Waals surface area (Å²) in [7, 11) is 0. The number of pyridine rings is 1. The molecule has 132 valence electrons. The van der Waals surface area contributed by atoms with Crippen molar-refractivity contribution in [1.82, 2.24) is 4.98 Å². The van der Waals surface area contributed by atoms with Gasteiger partial charge in [0.25, 0.3) is 0 Å². The summed E-state index contributed by atoms with van der Waals surface area (Å²) >= 11 is 0. The van der Waals surface area contributed by atoms with E-state index in [1.54, 1.807) is 42.6 Å². The second-order valence-corrected chi connectivity index (χ2v) is 5.65. The summed E-state index contributed by atoms with van der Waals surface area (Å²) < 4.78 is 13.6. The number of benzene rings is 2. The van der Waals surface area contributed by atoms with Gasteiger partial charge in [0.1, 0.15) is 11.6 Å². The molecule has 0 spiro atoms. The lowest BCUT2D eigenvalue weighted by atomic mass is 10.1. The fraction of sp³-hybridized carbons (Fsp3) is 0.100. The Morgan fingerprint density at radius 3 is 2.35 bits per heavy atom. The number of anilines is 3. The van der Waals surface area contributed by atoms with Gasteiger partial charge in [0.05, 0.1) is 11.9 Å². The predicted molar refractivity (Wildman–Crippen MR) is 102 cm³/mol. The highest BCUT2D eigenvalue weighted by atomic mass is 19.1. The minimum atomic E-state index is -0.335. The third-order valence-corrected chi connectivity index (χ3v) is 3.71. The van der Waals surface area contributed by atoms with Gasteiger partial charge in [-0.2, -0.15) is 0 Å². The molecule has 1 aromatic heterocycles. The number of aromatic nitrogens is 1. The van der Waals surface area contributed by atoms with E-state index >= 15 is 0 Å². The van der Waals surface area contributed by atoms with E-state index in [1.807, 2.05) is 24.3 Å². The van der Waals surface area contributed by atoms with Gasteiger partial charge in [0.15, 0.2) is 0 Å². The lowest BCUT2D eigenvalue weighted by molar-refractivity contribution is 0.262. The molecule has 2 aromatic carbocycles. The van der Waals surface area contributed by atoms with Crippen LogP contribution in [0.3, 0.4) is 0 Å². The van der Waals surface area contributed by atoms with Gasteiger partial charge in [-0.25, -0.2) is 14.2 Å². The molecular formula is C20H19FN4O. The van der Waals surface area contributed by atoms with E-state index in [2.05, 4.69) is 20.9 Å². The lowest BCUT2D eigenvalue weighted by Crippen LogP contribution is -2.19. The fourth-order valence-corrected chi connectivity index (χ4v) is 2.41. The first-order valence-corrected chi connectivity index (χ1v) is 8.27. The molecule has 0 saturated heterocycles. The SMILES string of the molecule is O=C(Nc1ccccc1)Nc1ccc(NCCc2ccccc2F)nc1. The number of carbonyl (C=O) groups is 1. The van der Waals surface area contributed by atoms with Crippen molar-refractivity contribution in [3.63, 3.8) is 0 Å². The maximum Gasteiger partial charge on any atom is 0.323 e. The third-order valence-electron chi connectivity index (χ3n) is 3.71. The molecule has 3 rings (SSSR count). The van der Waals surface area contributed by atoms with Crippen molar-refractivity contribution in [2.24, 2.45) is 0 Å². The highest BCUT2D eigenvalue weighted by molar-refractivity contribution is 5.99. The summed E-state index contributed by atoms with van der Waals surface area (Å²) in [6, 6.07) is 19.1. The van der Waals surface area contributed by atoms with Gasteiger partial charge in [-0.15, -0.1) is 0 Å². The Morgan fingerprint density at radius 2 is 1.62 bits per heavy atom. The van der Waals surface area contributed by atoms with Crippen molar-refractivity contribution < 1.29 is 9.18 Å². The van der Waals surface area contributed by atoms with Crippen LogP contribution in [0.15, 0.2) is 72.9 Å². The number of nitrogens with zero attached hydrogens (tertiary/aromatic N) is 1. The Kier molecular flexibility index (Phi) is 5.77. The molecule has 26 heavy (non-hydrogen) atoms. The van der Waals surface area contributed by atoms with E-state index in [4.69, 9.17) is 0 Å². The Bertz CT molecular complexity index is 853. The van der Waals surface area contributed by atoms with Crippen molar-refractivity contribution in [1.29, 1.82) is 0 Å². The molecule has 2 amide bonds. The first kappa shape index (κ1) is 17.4. The van der Waals surface area contributed by atoms with E-state index in [0.29, 0.717) is 35.7 Å². The molecule has 0 unspecified atom stereocenters. The minimum absolute atomic E-state index is 0.203. The number of amides is 2. The summed E-state index contributed by atoms with van der Waals surface area (Å²) in [5, 5.41) is 8.59. The highest BCUT2D eigenvalue weighted by Gasteiger charge is 2.04. The summed E-state index contributed by atoms with van der Waals surface area (Å²) in [6.45, 7) is 0.565. The maximum absolute atomic E-state index is 13.6. The summed E-state index contributed by atoms with van der Waals surface area (Å²) in [4.78, 5) is 16.2. The van der Waals surface area contributed by atoms with Crippen LogP contribution < -0.4 is 16.0 Å². The molecule has 0 saturated carbocycles. The Hall–Kier alpha value is -3.41. The van der Waals surface area contributed by atoms with Crippen molar-refractivity contribution >= 4 is 23.2 Å². The molecule has 5 nitrogen and oxygen atoms in total. The van der Waals surface area contributed by atoms with E-state index < -0.39 is 0 Å². The largest absolute Gasteiger partial charge is 0.370 e. The first-order chi connectivity index (χ1) is 12.7. The van der Waals surface area contributed by atoms with Gasteiger partial charge >= 0.3 is 6.03 Å². The maximum atomic E-state index is 13.6. The number of hydrogen-bond donors (Lipinski definition) is 3. The third kappa shape index (κ3) is 5.04. The number of halogens is 1. The smallest absolute Gasteiger partial charge is 0.323 e. The van der Waals surface area contributed by atoms with Gasteiger partial charge in [0.2, 0.25) is 0 Å². The Balaban J connectivity index is 1.47. The van der Waals surface area contributed by atoms with Crippen LogP contribution >= 0.6 is 0 Å². The van der Waals surface area contributed by atoms with Crippen molar-refractivity contribution in [3.05, 3.63) is 84.3 Å². The monoisotopic (exact) mass is 350 g/mol. The second-order valence-electron chi connectivity index (χ2n) is 5.65. The zero-order chi connectivity index (χ0) is 18.2. The van der Waals surface area contributed by atoms with Crippen LogP contribution in [0.2, 0.25) is 0 Å². The molecule has 0 fully saturated rings. The van der Waals surface area contributed by atoms with Gasteiger partial charge in [-0.1, -0.05) is 36.4 Å². The number of carbonyl (C=O) groups excluding carboxylic acids is 1. The van der Waals surface area contributed by atoms with Crippen molar-refractivity contribution in [2.45, 2.75) is 6.42 Å². The molecule has 6 heteroatoms. The molecular weight excluding hydrogens is 331 g/mol. The van der Waals surface area contributed by atoms with Gasteiger partial charge in [-0.3, -0.25) is 0 Å². The minimum Gasteiger partial charge on any atom is -0.370 e. The molecule has 0 bridgehead atoms. The van der Waals surface area contributed by atoms with Crippen LogP contribution in [0.5, 0.6) is 0 Å². The van der Waals surface area contributed by atoms with E-state index in [-0.39, 0.29) is 11.8 Å². The quantitative estimate of drug-likeness (QED) is 0.612. The van der Waals surface area contributed by atoms with Crippen LogP contribution in [0, 0.1) is 5.82 Å². The summed E-state index contributed by atoms with van der Waals surface area (Å²) in [6.07, 6.45) is 2.13. The molecule has 1 heterocycles. The van der Waals surface area contributed by atoms with Crippen LogP contribution in [0.4, 0.5) is 26.4 Å². The van der Waals surface area contributed by atoms with Gasteiger partial charge in [-0.05, 0) is 42.3 Å². The highest BCUT2D eigenvalue weighted by Crippen LogP contribution is 2.12. The topological polar surface area (TPSA) is 66.1 Å². The van der Waals surface area contributed by atoms with Crippen molar-refractivity contribution in [3.8, 4) is 0 Å². The second kappa shape index (κ2) is 8.62. The molecule has 0 radical (unpaired) electrons. The zero-order valence-corrected chi connectivity index (χ0v) is 14.1. The van der Waals surface area contributed by atoms with Crippen molar-refractivity contribution in [2.75, 3.05) is 22.5 Å². The number of hydrogen-bond acceptors (Lipinski definition) is 3. The van der Waals surface area contributed by atoms with Gasteiger partial charge < -0.3 is 16.0 Å². The Morgan fingerprint density at radius 1 is 0.885 bits per heavy atom. The molecule has 0 aliphatic carbocycles. The lowest BCUT2D eigenvalue weighted by Gasteiger charge is -2.09. The molecule has 0 aliphatic heterocycles. The van der Waals surface area contributed by atoms with Crippen LogP contribution in [-0.4, -0.2) is 17.6 Å². The number of rotatable bonds is 6.